The van der Waals surface area contributed by atoms with Crippen LogP contribution in [-0.2, 0) is 22.4 Å². The standard InChI is InChI=1S/C20H42O5Si2/c1-11-19(26(9,21-13-3)22-14-4)17(7)25-18(8)20(12-2)27(10,23-15-5)24-16-6/h19-20H,7-8,11-16H2,1-6,9-10H3. The van der Waals surface area contributed by atoms with Crippen LogP contribution in [-0.4, -0.2) is 43.5 Å². The summed E-state index contributed by atoms with van der Waals surface area (Å²) in [5.41, 5.74) is 0.0533. The highest BCUT2D eigenvalue weighted by Gasteiger charge is 2.45. The third-order valence-electron chi connectivity index (χ3n) is 4.85. The van der Waals surface area contributed by atoms with E-state index in [-0.39, 0.29) is 11.1 Å². The van der Waals surface area contributed by atoms with Crippen molar-refractivity contribution in [1.82, 2.24) is 0 Å². The molecule has 0 heterocycles. The monoisotopic (exact) mass is 418 g/mol. The van der Waals surface area contributed by atoms with Gasteiger partial charge in [0.25, 0.3) is 0 Å². The minimum Gasteiger partial charge on any atom is -0.467 e. The first kappa shape index (κ1) is 26.6. The Bertz CT molecular complexity index is 404. The van der Waals surface area contributed by atoms with Gasteiger partial charge in [0.05, 0.1) is 11.1 Å². The zero-order valence-corrected chi connectivity index (χ0v) is 20.9. The molecule has 0 fully saturated rings. The normalized spacial score (nSPS) is 14.7. The van der Waals surface area contributed by atoms with Crippen LogP contribution >= 0.6 is 0 Å². The molecule has 0 saturated heterocycles. The van der Waals surface area contributed by atoms with Gasteiger partial charge in [-0.05, 0) is 53.6 Å². The number of allylic oxidation sites excluding steroid dienone is 2. The zero-order valence-electron chi connectivity index (χ0n) is 18.9. The number of hydrogen-bond donors (Lipinski definition) is 0. The lowest BCUT2D eigenvalue weighted by Gasteiger charge is -2.37. The molecule has 0 aliphatic heterocycles. The van der Waals surface area contributed by atoms with Crippen LogP contribution in [0.15, 0.2) is 24.7 Å². The summed E-state index contributed by atoms with van der Waals surface area (Å²) < 4.78 is 30.4. The Morgan fingerprint density at radius 3 is 1.07 bits per heavy atom. The molecule has 0 rings (SSSR count). The summed E-state index contributed by atoms with van der Waals surface area (Å²) in [5.74, 6) is 1.34. The van der Waals surface area contributed by atoms with Gasteiger partial charge in [-0.1, -0.05) is 27.0 Å². The van der Waals surface area contributed by atoms with E-state index in [1.165, 1.54) is 0 Å². The van der Waals surface area contributed by atoms with Gasteiger partial charge in [-0.25, -0.2) is 0 Å². The summed E-state index contributed by atoms with van der Waals surface area (Å²) in [4.78, 5) is 0. The SMILES string of the molecule is C=C(OC(=C)C(CC)[Si](C)(OCC)OCC)C(CC)[Si](C)(OCC)OCC. The average molecular weight is 419 g/mol. The molecule has 0 aliphatic rings. The number of ether oxygens (including phenoxy) is 1. The minimum atomic E-state index is -2.45. The third kappa shape index (κ3) is 7.47. The van der Waals surface area contributed by atoms with E-state index in [9.17, 15) is 0 Å². The lowest BCUT2D eigenvalue weighted by atomic mass is 10.2. The molecule has 2 atom stereocenters. The van der Waals surface area contributed by atoms with Crippen LogP contribution in [0.4, 0.5) is 0 Å². The lowest BCUT2D eigenvalue weighted by molar-refractivity contribution is 0.158. The minimum absolute atomic E-state index is 0.0266. The fourth-order valence-electron chi connectivity index (χ4n) is 3.72. The second-order valence-corrected chi connectivity index (χ2v) is 13.3. The third-order valence-corrected chi connectivity index (χ3v) is 12.3. The second-order valence-electron chi connectivity index (χ2n) is 6.72. The summed E-state index contributed by atoms with van der Waals surface area (Å²) in [6, 6.07) is 0. The van der Waals surface area contributed by atoms with Gasteiger partial charge in [-0.2, -0.15) is 0 Å². The Morgan fingerprint density at radius 1 is 0.630 bits per heavy atom. The summed E-state index contributed by atoms with van der Waals surface area (Å²) in [5, 5.41) is 0. The van der Waals surface area contributed by atoms with Crippen LogP contribution in [0.5, 0.6) is 0 Å². The van der Waals surface area contributed by atoms with Gasteiger partial charge in [0, 0.05) is 26.4 Å². The van der Waals surface area contributed by atoms with Gasteiger partial charge in [-0.15, -0.1) is 0 Å². The van der Waals surface area contributed by atoms with Crippen molar-refractivity contribution in [3.05, 3.63) is 24.7 Å². The highest BCUT2D eigenvalue weighted by atomic mass is 28.4. The molecule has 0 aromatic carbocycles. The van der Waals surface area contributed by atoms with E-state index >= 15 is 0 Å². The van der Waals surface area contributed by atoms with Gasteiger partial charge in [0.2, 0.25) is 0 Å². The number of rotatable bonds is 16. The van der Waals surface area contributed by atoms with Crippen molar-refractivity contribution >= 4 is 17.1 Å². The summed E-state index contributed by atoms with van der Waals surface area (Å²) in [6.07, 6.45) is 1.69. The zero-order chi connectivity index (χ0) is 21.1. The fraction of sp³-hybridized carbons (Fsp3) is 0.800. The van der Waals surface area contributed by atoms with Crippen LogP contribution in [0.1, 0.15) is 54.4 Å². The van der Waals surface area contributed by atoms with Crippen LogP contribution < -0.4 is 0 Å². The van der Waals surface area contributed by atoms with Gasteiger partial charge >= 0.3 is 17.1 Å². The Labute approximate surface area is 169 Å². The van der Waals surface area contributed by atoms with E-state index in [4.69, 9.17) is 22.4 Å². The van der Waals surface area contributed by atoms with Crippen molar-refractivity contribution in [3.63, 3.8) is 0 Å². The van der Waals surface area contributed by atoms with Crippen LogP contribution in [0, 0.1) is 0 Å². The molecule has 0 amide bonds. The van der Waals surface area contributed by atoms with E-state index in [1.807, 2.05) is 27.7 Å². The predicted molar refractivity (Wildman–Crippen MR) is 117 cm³/mol. The maximum atomic E-state index is 6.19. The Balaban J connectivity index is 5.44. The highest BCUT2D eigenvalue weighted by Crippen LogP contribution is 2.40. The summed E-state index contributed by atoms with van der Waals surface area (Å²) >= 11 is 0. The number of hydrogen-bond acceptors (Lipinski definition) is 5. The molecule has 0 aliphatic carbocycles. The van der Waals surface area contributed by atoms with Crippen molar-refractivity contribution in [3.8, 4) is 0 Å². The van der Waals surface area contributed by atoms with Crippen molar-refractivity contribution in [2.45, 2.75) is 78.6 Å². The quantitative estimate of drug-likeness (QED) is 0.231. The highest BCUT2D eigenvalue weighted by molar-refractivity contribution is 6.68. The van der Waals surface area contributed by atoms with E-state index in [0.29, 0.717) is 37.9 Å². The van der Waals surface area contributed by atoms with Gasteiger partial charge < -0.3 is 22.4 Å². The molecule has 0 saturated carbocycles. The second kappa shape index (κ2) is 12.9. The van der Waals surface area contributed by atoms with Crippen LogP contribution in [0.3, 0.4) is 0 Å². The molecule has 27 heavy (non-hydrogen) atoms. The first-order valence-electron chi connectivity index (χ1n) is 10.3. The van der Waals surface area contributed by atoms with Gasteiger partial charge in [-0.3, -0.25) is 0 Å². The average Bonchev–Trinajstić information content (AvgIpc) is 2.56. The van der Waals surface area contributed by atoms with E-state index in [2.05, 4.69) is 40.1 Å². The molecule has 160 valence electrons. The molecule has 0 spiro atoms. The molecule has 2 unspecified atom stereocenters. The van der Waals surface area contributed by atoms with E-state index in [0.717, 1.165) is 12.8 Å². The fourth-order valence-corrected chi connectivity index (χ4v) is 9.76. The van der Waals surface area contributed by atoms with Crippen molar-refractivity contribution in [2.75, 3.05) is 26.4 Å². The molecule has 0 aromatic heterocycles. The Hall–Kier alpha value is -0.446. The molecule has 0 aromatic rings. The van der Waals surface area contributed by atoms with Crippen molar-refractivity contribution in [2.24, 2.45) is 0 Å². The molecule has 7 heteroatoms. The Morgan fingerprint density at radius 2 is 0.889 bits per heavy atom. The molecule has 0 radical (unpaired) electrons. The van der Waals surface area contributed by atoms with Crippen molar-refractivity contribution in [1.29, 1.82) is 0 Å². The van der Waals surface area contributed by atoms with E-state index in [1.54, 1.807) is 0 Å². The maximum Gasteiger partial charge on any atom is 0.345 e. The van der Waals surface area contributed by atoms with Gasteiger partial charge in [0.1, 0.15) is 11.5 Å². The molecule has 0 bridgehead atoms. The Kier molecular flexibility index (Phi) is 12.7. The first-order valence-corrected chi connectivity index (χ1v) is 15.1. The molecule has 5 nitrogen and oxygen atoms in total. The first-order chi connectivity index (χ1) is 12.7. The molecule has 0 N–H and O–H groups in total. The molecular weight excluding hydrogens is 376 g/mol. The van der Waals surface area contributed by atoms with Crippen LogP contribution in [0.25, 0.3) is 0 Å². The largest absolute Gasteiger partial charge is 0.467 e. The molecular formula is C20H42O5Si2. The summed E-state index contributed by atoms with van der Waals surface area (Å²) in [7, 11) is -4.89. The smallest absolute Gasteiger partial charge is 0.345 e. The van der Waals surface area contributed by atoms with Crippen LogP contribution in [0.2, 0.25) is 24.2 Å². The predicted octanol–water partition coefficient (Wildman–Crippen LogP) is 5.88. The summed E-state index contributed by atoms with van der Waals surface area (Å²) in [6.45, 7) is 27.3. The maximum absolute atomic E-state index is 6.19. The van der Waals surface area contributed by atoms with Gasteiger partial charge in [0.15, 0.2) is 0 Å². The lowest BCUT2D eigenvalue weighted by Crippen LogP contribution is -2.46. The topological polar surface area (TPSA) is 46.2 Å². The van der Waals surface area contributed by atoms with Crippen molar-refractivity contribution < 1.29 is 22.4 Å². The van der Waals surface area contributed by atoms with E-state index < -0.39 is 17.1 Å².